The summed E-state index contributed by atoms with van der Waals surface area (Å²) < 4.78 is 24.6. The molecule has 2 unspecified atom stereocenters. The van der Waals surface area contributed by atoms with E-state index in [1.807, 2.05) is 0 Å². The molecule has 1 saturated heterocycles. The van der Waals surface area contributed by atoms with Crippen molar-refractivity contribution in [1.29, 1.82) is 0 Å². The average molecular weight is 594 g/mol. The molecule has 0 bridgehead atoms. The van der Waals surface area contributed by atoms with Gasteiger partial charge < -0.3 is 41.1 Å². The molecule has 0 spiro atoms. The molecule has 2 fully saturated rings. The third kappa shape index (κ3) is 7.80. The van der Waals surface area contributed by atoms with Gasteiger partial charge in [0.25, 0.3) is 0 Å². The van der Waals surface area contributed by atoms with Gasteiger partial charge in [-0.3, -0.25) is 9.59 Å². The number of carbonyl (C=O) groups is 2. The van der Waals surface area contributed by atoms with Gasteiger partial charge in [-0.1, -0.05) is 5.16 Å². The molecular formula is C29H32FN7O6. The lowest BCUT2D eigenvalue weighted by atomic mass is 10.0. The number of benzene rings is 2. The van der Waals surface area contributed by atoms with E-state index in [9.17, 15) is 19.1 Å². The fraction of sp³-hybridized carbons (Fsp3) is 0.345. The molecule has 2 heterocycles. The van der Waals surface area contributed by atoms with Crippen LogP contribution < -0.4 is 26.4 Å². The number of rotatable bonds is 12. The van der Waals surface area contributed by atoms with Crippen LogP contribution in [0.25, 0.3) is 0 Å². The highest BCUT2D eigenvalue weighted by Gasteiger charge is 2.56. The minimum Gasteiger partial charge on any atom is -0.438 e. The van der Waals surface area contributed by atoms with E-state index < -0.39 is 29.2 Å². The Kier molecular flexibility index (Phi) is 9.39. The molecule has 2 amide bonds. The van der Waals surface area contributed by atoms with Crippen molar-refractivity contribution >= 4 is 35.2 Å². The molecule has 2 aliphatic rings. The van der Waals surface area contributed by atoms with Gasteiger partial charge >= 0.3 is 0 Å². The Morgan fingerprint density at radius 1 is 1.14 bits per heavy atom. The van der Waals surface area contributed by atoms with Crippen LogP contribution in [0.4, 0.5) is 21.6 Å². The fourth-order valence-electron chi connectivity index (χ4n) is 4.39. The van der Waals surface area contributed by atoms with Gasteiger partial charge in [-0.05, 0) is 61.4 Å². The Bertz CT molecular complexity index is 1440. The number of nitrogen functional groups attached to an aromatic ring is 1. The maximum absolute atomic E-state index is 13.2. The molecule has 5 rings (SSSR count). The summed E-state index contributed by atoms with van der Waals surface area (Å²) in [6.45, 7) is 2.02. The van der Waals surface area contributed by atoms with Crippen molar-refractivity contribution in [1.82, 2.24) is 15.3 Å². The second-order valence-electron chi connectivity index (χ2n) is 10.2. The zero-order valence-corrected chi connectivity index (χ0v) is 23.2. The van der Waals surface area contributed by atoms with E-state index in [-0.39, 0.29) is 30.0 Å². The zero-order valence-electron chi connectivity index (χ0n) is 23.2. The molecule has 2 aromatic carbocycles. The average Bonchev–Trinajstić information content (AvgIpc) is 3.82. The summed E-state index contributed by atoms with van der Waals surface area (Å²) >= 11 is 0. The van der Waals surface area contributed by atoms with E-state index in [0.717, 1.165) is 6.54 Å². The maximum Gasteiger partial charge on any atom is 0.240 e. The fourth-order valence-corrected chi connectivity index (χ4v) is 4.39. The summed E-state index contributed by atoms with van der Waals surface area (Å²) in [5.74, 6) is -0.683. The smallest absolute Gasteiger partial charge is 0.240 e. The molecule has 0 radical (unpaired) electrons. The van der Waals surface area contributed by atoms with Crippen LogP contribution in [0.3, 0.4) is 0 Å². The number of oxime groups is 1. The number of amides is 2. The number of halogens is 1. The molecule has 2 atom stereocenters. The summed E-state index contributed by atoms with van der Waals surface area (Å²) in [7, 11) is 0. The number of hydrogen-bond donors (Lipinski definition) is 5. The summed E-state index contributed by atoms with van der Waals surface area (Å²) in [4.78, 5) is 39.1. The first-order valence-corrected chi connectivity index (χ1v) is 13.7. The number of nitrogens with two attached hydrogens (primary N) is 1. The van der Waals surface area contributed by atoms with Crippen LogP contribution in [0.15, 0.2) is 60.0 Å². The van der Waals surface area contributed by atoms with Gasteiger partial charge in [-0.25, -0.2) is 14.4 Å². The predicted octanol–water partition coefficient (Wildman–Crippen LogP) is 2.44. The standard InChI is InChI=1S/C29H32FN7O6/c30-18-1-3-19(4-2-18)36-27(39)29(9-10-29)28(40)37-20-5-7-22(8-6-20)43-26-24(25(31)33-17-34-26)15-35-42-16-21(38)13-23-14-32-11-12-41-23/h1-8,15,17,21,23,32,38H,9-14,16H2,(H,36,39)(H,37,40)(H2,31,33,34)/b35-15+. The minimum absolute atomic E-state index is 0.0392. The van der Waals surface area contributed by atoms with Gasteiger partial charge in [-0.15, -0.1) is 0 Å². The molecule has 43 heavy (non-hydrogen) atoms. The van der Waals surface area contributed by atoms with E-state index in [4.69, 9.17) is 20.0 Å². The Labute approximate surface area is 246 Å². The van der Waals surface area contributed by atoms with Crippen molar-refractivity contribution in [3.8, 4) is 11.6 Å². The summed E-state index contributed by atoms with van der Waals surface area (Å²) in [5.41, 5.74) is 5.96. The van der Waals surface area contributed by atoms with Crippen LogP contribution in [0.1, 0.15) is 24.8 Å². The van der Waals surface area contributed by atoms with Crippen LogP contribution in [0.2, 0.25) is 0 Å². The quantitative estimate of drug-likeness (QED) is 0.119. The third-order valence-corrected chi connectivity index (χ3v) is 6.99. The highest BCUT2D eigenvalue weighted by Crippen LogP contribution is 2.47. The highest BCUT2D eigenvalue weighted by atomic mass is 19.1. The monoisotopic (exact) mass is 593 g/mol. The lowest BCUT2D eigenvalue weighted by Crippen LogP contribution is -2.40. The zero-order chi connectivity index (χ0) is 30.2. The third-order valence-electron chi connectivity index (χ3n) is 6.99. The second-order valence-corrected chi connectivity index (χ2v) is 10.2. The molecule has 1 saturated carbocycles. The van der Waals surface area contributed by atoms with Gasteiger partial charge in [-0.2, -0.15) is 0 Å². The molecule has 226 valence electrons. The Morgan fingerprint density at radius 2 is 1.81 bits per heavy atom. The molecule has 13 nitrogen and oxygen atoms in total. The Morgan fingerprint density at radius 3 is 2.44 bits per heavy atom. The molecule has 1 aliphatic carbocycles. The highest BCUT2D eigenvalue weighted by molar-refractivity contribution is 6.16. The first-order chi connectivity index (χ1) is 20.8. The topological polar surface area (TPSA) is 182 Å². The molecule has 6 N–H and O–H groups in total. The first kappa shape index (κ1) is 29.8. The lowest BCUT2D eigenvalue weighted by Gasteiger charge is -2.25. The largest absolute Gasteiger partial charge is 0.438 e. The maximum atomic E-state index is 13.2. The van der Waals surface area contributed by atoms with Crippen molar-refractivity contribution in [3.63, 3.8) is 0 Å². The van der Waals surface area contributed by atoms with Crippen molar-refractivity contribution in [2.75, 3.05) is 42.7 Å². The van der Waals surface area contributed by atoms with Crippen LogP contribution in [0, 0.1) is 11.2 Å². The molecule has 14 heteroatoms. The van der Waals surface area contributed by atoms with Crippen LogP contribution in [-0.2, 0) is 19.2 Å². The number of aliphatic hydroxyl groups is 1. The van der Waals surface area contributed by atoms with Gasteiger partial charge in [0.2, 0.25) is 17.7 Å². The summed E-state index contributed by atoms with van der Waals surface area (Å²) in [5, 5.41) is 22.7. The summed E-state index contributed by atoms with van der Waals surface area (Å²) in [6, 6.07) is 11.8. The van der Waals surface area contributed by atoms with Crippen LogP contribution in [-0.4, -0.2) is 71.6 Å². The molecule has 1 aromatic heterocycles. The number of carbonyl (C=O) groups excluding carboxylic acids is 2. The van der Waals surface area contributed by atoms with Crippen LogP contribution >= 0.6 is 0 Å². The normalized spacial score (nSPS) is 18.0. The molecule has 1 aliphatic heterocycles. The summed E-state index contributed by atoms with van der Waals surface area (Å²) in [6.07, 6.45) is 2.91. The van der Waals surface area contributed by atoms with Gasteiger partial charge in [0, 0.05) is 30.9 Å². The number of ether oxygens (including phenoxy) is 2. The van der Waals surface area contributed by atoms with E-state index in [1.54, 1.807) is 24.3 Å². The van der Waals surface area contributed by atoms with Gasteiger partial charge in [0.1, 0.15) is 41.3 Å². The minimum atomic E-state index is -1.19. The number of nitrogens with one attached hydrogen (secondary N) is 3. The van der Waals surface area contributed by atoms with E-state index in [0.29, 0.717) is 49.5 Å². The SMILES string of the molecule is Nc1ncnc(Oc2ccc(NC(=O)C3(C(=O)Nc4ccc(F)cc4)CC3)cc2)c1/C=N/OCC(O)CC1CNCCO1. The van der Waals surface area contributed by atoms with Crippen molar-refractivity contribution in [2.24, 2.45) is 10.6 Å². The van der Waals surface area contributed by atoms with Gasteiger partial charge in [0.15, 0.2) is 0 Å². The first-order valence-electron chi connectivity index (χ1n) is 13.7. The van der Waals surface area contributed by atoms with Crippen molar-refractivity contribution in [2.45, 2.75) is 31.5 Å². The predicted molar refractivity (Wildman–Crippen MR) is 155 cm³/mol. The number of anilines is 3. The number of morpholine rings is 1. The molecule has 3 aromatic rings. The van der Waals surface area contributed by atoms with Gasteiger partial charge in [0.05, 0.1) is 25.0 Å². The van der Waals surface area contributed by atoms with E-state index >= 15 is 0 Å². The number of aromatic nitrogens is 2. The number of hydrogen-bond acceptors (Lipinski definition) is 11. The van der Waals surface area contributed by atoms with E-state index in [1.165, 1.54) is 36.8 Å². The van der Waals surface area contributed by atoms with Crippen LogP contribution in [0.5, 0.6) is 11.6 Å². The van der Waals surface area contributed by atoms with Crippen molar-refractivity contribution in [3.05, 3.63) is 66.2 Å². The number of nitrogens with zero attached hydrogens (tertiary/aromatic N) is 3. The Hall–Kier alpha value is -4.66. The van der Waals surface area contributed by atoms with E-state index in [2.05, 4.69) is 31.1 Å². The second kappa shape index (κ2) is 13.5. The lowest BCUT2D eigenvalue weighted by molar-refractivity contribution is -0.131. The molecular weight excluding hydrogens is 561 g/mol. The Balaban J connectivity index is 1.14. The number of aliphatic hydroxyl groups excluding tert-OH is 1. The van der Waals surface area contributed by atoms with Crippen molar-refractivity contribution < 1.29 is 33.4 Å².